The number of hydrogen-bond acceptors (Lipinski definition) is 7. The quantitative estimate of drug-likeness (QED) is 0.309. The van der Waals surface area contributed by atoms with Gasteiger partial charge in [-0.25, -0.2) is 15.0 Å². The van der Waals surface area contributed by atoms with Crippen molar-refractivity contribution in [2.24, 2.45) is 0 Å². The summed E-state index contributed by atoms with van der Waals surface area (Å²) in [6, 6.07) is 13.9. The highest BCUT2D eigenvalue weighted by Gasteiger charge is 2.20. The van der Waals surface area contributed by atoms with E-state index in [1.165, 1.54) is 17.3 Å². The highest BCUT2D eigenvalue weighted by atomic mass is 32.2. The van der Waals surface area contributed by atoms with Crippen LogP contribution in [0.5, 0.6) is 0 Å². The zero-order chi connectivity index (χ0) is 21.0. The number of nitrogens with zero attached hydrogens (tertiary/aromatic N) is 4. The number of ether oxygens (including phenoxy) is 1. The first-order chi connectivity index (χ1) is 15.3. The second-order valence-corrected chi connectivity index (χ2v) is 9.39. The smallest absolute Gasteiger partial charge is 0.263 e. The number of thioether (sulfide) groups is 1. The summed E-state index contributed by atoms with van der Waals surface area (Å²) in [5.74, 6) is 0.654. The van der Waals surface area contributed by atoms with Gasteiger partial charge in [0.1, 0.15) is 0 Å². The summed E-state index contributed by atoms with van der Waals surface area (Å²) < 4.78 is 7.53. The van der Waals surface area contributed by atoms with Crippen molar-refractivity contribution < 1.29 is 4.74 Å². The van der Waals surface area contributed by atoms with Crippen molar-refractivity contribution in [2.75, 3.05) is 6.61 Å². The summed E-state index contributed by atoms with van der Waals surface area (Å²) in [5, 5.41) is 4.40. The summed E-state index contributed by atoms with van der Waals surface area (Å²) >= 11 is 3.20. The van der Waals surface area contributed by atoms with Crippen molar-refractivity contribution in [3.8, 4) is 0 Å². The number of thiazole rings is 1. The lowest BCUT2D eigenvalue weighted by Crippen LogP contribution is -2.29. The topological polar surface area (TPSA) is 69.9 Å². The maximum absolute atomic E-state index is 13.2. The summed E-state index contributed by atoms with van der Waals surface area (Å²) in [6.07, 6.45) is 4.57. The van der Waals surface area contributed by atoms with E-state index < -0.39 is 0 Å². The Morgan fingerprint density at radius 1 is 1.16 bits per heavy atom. The predicted octanol–water partition coefficient (Wildman–Crippen LogP) is 4.31. The van der Waals surface area contributed by atoms with Crippen LogP contribution in [0.3, 0.4) is 0 Å². The molecule has 6 nitrogen and oxygen atoms in total. The minimum absolute atomic E-state index is 0.0563. The molecular formula is C23H22N4O2S2. The molecule has 5 rings (SSSR count). The molecule has 1 aliphatic rings. The van der Waals surface area contributed by atoms with Gasteiger partial charge in [0.05, 0.1) is 28.7 Å². The van der Waals surface area contributed by atoms with Gasteiger partial charge in [0.2, 0.25) is 0 Å². The Morgan fingerprint density at radius 3 is 2.90 bits per heavy atom. The van der Waals surface area contributed by atoms with Crippen LogP contribution in [0.15, 0.2) is 64.0 Å². The lowest BCUT2D eigenvalue weighted by atomic mass is 10.2. The molecule has 0 radical (unpaired) electrons. The molecule has 3 aromatic heterocycles. The molecule has 4 heterocycles. The Balaban J connectivity index is 1.37. The molecule has 0 spiro atoms. The van der Waals surface area contributed by atoms with Crippen LogP contribution in [-0.4, -0.2) is 32.2 Å². The molecular weight excluding hydrogens is 428 g/mol. The molecule has 158 valence electrons. The van der Waals surface area contributed by atoms with Gasteiger partial charge in [-0.2, -0.15) is 0 Å². The van der Waals surface area contributed by atoms with E-state index >= 15 is 0 Å². The predicted molar refractivity (Wildman–Crippen MR) is 124 cm³/mol. The van der Waals surface area contributed by atoms with Crippen LogP contribution in [0.2, 0.25) is 0 Å². The van der Waals surface area contributed by atoms with E-state index in [0.29, 0.717) is 28.5 Å². The van der Waals surface area contributed by atoms with E-state index in [0.717, 1.165) is 36.6 Å². The van der Waals surface area contributed by atoms with Crippen molar-refractivity contribution in [1.29, 1.82) is 0 Å². The average Bonchev–Trinajstić information content (AvgIpc) is 3.47. The summed E-state index contributed by atoms with van der Waals surface area (Å²) in [4.78, 5) is 26.9. The van der Waals surface area contributed by atoms with Crippen LogP contribution < -0.4 is 5.56 Å². The van der Waals surface area contributed by atoms with Crippen molar-refractivity contribution in [3.63, 3.8) is 0 Å². The fraction of sp³-hybridized carbons (Fsp3) is 0.304. The molecule has 4 aromatic rings. The Hall–Kier alpha value is -2.55. The zero-order valence-electron chi connectivity index (χ0n) is 16.9. The molecule has 31 heavy (non-hydrogen) atoms. The van der Waals surface area contributed by atoms with Crippen LogP contribution in [0.1, 0.15) is 29.1 Å². The molecule has 1 aromatic carbocycles. The van der Waals surface area contributed by atoms with Crippen LogP contribution in [0.4, 0.5) is 0 Å². The Labute approximate surface area is 188 Å². The third-order valence-electron chi connectivity index (χ3n) is 5.25. The molecule has 1 unspecified atom stereocenters. The molecule has 1 saturated heterocycles. The first-order valence-corrected chi connectivity index (χ1v) is 12.2. The van der Waals surface area contributed by atoms with Gasteiger partial charge < -0.3 is 4.74 Å². The number of pyridine rings is 1. The van der Waals surface area contributed by atoms with E-state index in [1.807, 2.05) is 18.2 Å². The van der Waals surface area contributed by atoms with Crippen molar-refractivity contribution in [2.45, 2.75) is 42.8 Å². The van der Waals surface area contributed by atoms with Gasteiger partial charge in [-0.3, -0.25) is 9.36 Å². The number of fused-ring (bicyclic) bond motifs is 1. The molecule has 1 aliphatic heterocycles. The van der Waals surface area contributed by atoms with E-state index in [1.54, 1.807) is 34.2 Å². The van der Waals surface area contributed by atoms with Gasteiger partial charge in [-0.05, 0) is 30.5 Å². The van der Waals surface area contributed by atoms with Crippen molar-refractivity contribution in [1.82, 2.24) is 19.5 Å². The minimum atomic E-state index is -0.0563. The van der Waals surface area contributed by atoms with Gasteiger partial charge in [-0.15, -0.1) is 11.3 Å². The number of hydrogen-bond donors (Lipinski definition) is 0. The van der Waals surface area contributed by atoms with E-state index in [9.17, 15) is 4.79 Å². The average molecular weight is 451 g/mol. The second-order valence-electron chi connectivity index (χ2n) is 7.50. The number of rotatable bonds is 7. The summed E-state index contributed by atoms with van der Waals surface area (Å²) in [7, 11) is 0. The van der Waals surface area contributed by atoms with E-state index in [-0.39, 0.29) is 11.7 Å². The lowest BCUT2D eigenvalue weighted by molar-refractivity contribution is 0.0937. The molecule has 0 bridgehead atoms. The minimum Gasteiger partial charge on any atom is -0.376 e. The Bertz CT molecular complexity index is 1230. The molecule has 0 saturated carbocycles. The molecule has 0 aliphatic carbocycles. The molecule has 1 atom stereocenters. The van der Waals surface area contributed by atoms with Crippen LogP contribution in [0.25, 0.3) is 11.0 Å². The largest absolute Gasteiger partial charge is 0.376 e. The van der Waals surface area contributed by atoms with Crippen molar-refractivity contribution in [3.05, 3.63) is 80.7 Å². The summed E-state index contributed by atoms with van der Waals surface area (Å²) in [6.45, 7) is 1.28. The first kappa shape index (κ1) is 20.4. The highest BCUT2D eigenvalue weighted by Crippen LogP contribution is 2.25. The van der Waals surface area contributed by atoms with Gasteiger partial charge >= 0.3 is 0 Å². The Kier molecular flexibility index (Phi) is 6.11. The second kappa shape index (κ2) is 9.30. The molecule has 8 heteroatoms. The molecule has 1 fully saturated rings. The van der Waals surface area contributed by atoms with Gasteiger partial charge in [-0.1, -0.05) is 42.1 Å². The normalized spacial score (nSPS) is 16.2. The maximum atomic E-state index is 13.2. The van der Waals surface area contributed by atoms with Crippen LogP contribution in [-0.2, 0) is 23.5 Å². The standard InChI is InChI=1S/C23H22N4O2S2/c28-22-19-9-4-10-24-21(19)26-23(27(22)13-18-8-5-11-29-18)31-15-17-14-30-20(25-17)12-16-6-2-1-3-7-16/h1-4,6-7,9-10,14,18H,5,8,11-13,15H2. The van der Waals surface area contributed by atoms with Crippen LogP contribution >= 0.6 is 23.1 Å². The fourth-order valence-electron chi connectivity index (χ4n) is 3.70. The van der Waals surface area contributed by atoms with Gasteiger partial charge in [0.25, 0.3) is 5.56 Å². The fourth-order valence-corrected chi connectivity index (χ4v) is 5.53. The highest BCUT2D eigenvalue weighted by molar-refractivity contribution is 7.98. The molecule has 0 amide bonds. The van der Waals surface area contributed by atoms with E-state index in [2.05, 4.69) is 22.5 Å². The van der Waals surface area contributed by atoms with E-state index in [4.69, 9.17) is 14.7 Å². The lowest BCUT2D eigenvalue weighted by Gasteiger charge is -2.16. The Morgan fingerprint density at radius 2 is 2.06 bits per heavy atom. The van der Waals surface area contributed by atoms with Gasteiger partial charge in [0.15, 0.2) is 10.8 Å². The number of aromatic nitrogens is 4. The third kappa shape index (κ3) is 4.71. The third-order valence-corrected chi connectivity index (χ3v) is 7.16. The van der Waals surface area contributed by atoms with Gasteiger partial charge in [0, 0.05) is 30.4 Å². The number of benzene rings is 1. The zero-order valence-corrected chi connectivity index (χ0v) is 18.6. The summed E-state index contributed by atoms with van der Waals surface area (Å²) in [5.41, 5.74) is 2.68. The first-order valence-electron chi connectivity index (χ1n) is 10.3. The van der Waals surface area contributed by atoms with Crippen molar-refractivity contribution >= 4 is 34.1 Å². The molecule has 0 N–H and O–H groups in total. The SMILES string of the molecule is O=c1c2cccnc2nc(SCc2csc(Cc3ccccc3)n2)n1CC1CCCO1. The monoisotopic (exact) mass is 450 g/mol. The maximum Gasteiger partial charge on any atom is 0.263 e. The van der Waals surface area contributed by atoms with Crippen LogP contribution in [0, 0.1) is 0 Å².